The number of esters is 2. The molecule has 0 amide bonds. The largest absolute Gasteiger partial charge is 0.472 e. The second-order valence-corrected chi connectivity index (χ2v) is 17.9. The summed E-state index contributed by atoms with van der Waals surface area (Å²) in [7, 11) is 1.49. The van der Waals surface area contributed by atoms with Crippen molar-refractivity contribution in [1.82, 2.24) is 0 Å². The Balaban J connectivity index is 4.11. The topological polar surface area (TPSA) is 108 Å². The Morgan fingerprint density at radius 1 is 0.509 bits per heavy atom. The Morgan fingerprint density at radius 3 is 1.21 bits per heavy atom. The van der Waals surface area contributed by atoms with Crippen molar-refractivity contribution >= 4 is 19.8 Å². The van der Waals surface area contributed by atoms with Crippen LogP contribution in [0.15, 0.2) is 0 Å². The highest BCUT2D eigenvalue weighted by molar-refractivity contribution is 7.47. The van der Waals surface area contributed by atoms with Crippen molar-refractivity contribution in [2.75, 3.05) is 47.5 Å². The summed E-state index contributed by atoms with van der Waals surface area (Å²) in [6, 6.07) is 0. The number of ether oxygens (including phenoxy) is 2. The van der Waals surface area contributed by atoms with E-state index in [1.807, 2.05) is 21.1 Å². The van der Waals surface area contributed by atoms with E-state index in [0.29, 0.717) is 17.4 Å². The molecule has 0 rings (SSSR count). The molecular formula is C43H87NO8P+. The molecule has 0 aliphatic carbocycles. The summed E-state index contributed by atoms with van der Waals surface area (Å²) in [5.74, 6) is -0.792. The second kappa shape index (κ2) is 36.6. The fourth-order valence-corrected chi connectivity index (χ4v) is 7.11. The fourth-order valence-electron chi connectivity index (χ4n) is 6.37. The van der Waals surface area contributed by atoms with E-state index in [1.165, 1.54) is 148 Å². The summed E-state index contributed by atoms with van der Waals surface area (Å²) in [4.78, 5) is 35.1. The van der Waals surface area contributed by atoms with E-state index >= 15 is 0 Å². The van der Waals surface area contributed by atoms with Crippen LogP contribution in [-0.4, -0.2) is 74.9 Å². The number of nitrogens with zero attached hydrogens (tertiary/aromatic N) is 1. The van der Waals surface area contributed by atoms with Gasteiger partial charge in [-0.3, -0.25) is 18.6 Å². The lowest BCUT2D eigenvalue weighted by molar-refractivity contribution is -0.870. The van der Waals surface area contributed by atoms with Crippen LogP contribution in [0.25, 0.3) is 0 Å². The average molecular weight is 777 g/mol. The van der Waals surface area contributed by atoms with Gasteiger partial charge in [0, 0.05) is 12.8 Å². The molecule has 0 saturated carbocycles. The Bertz CT molecular complexity index is 881. The molecule has 0 bridgehead atoms. The number of carbonyl (C=O) groups excluding carboxylic acids is 2. The van der Waals surface area contributed by atoms with Gasteiger partial charge in [0.2, 0.25) is 0 Å². The fraction of sp³-hybridized carbons (Fsp3) is 0.953. The van der Waals surface area contributed by atoms with Crippen LogP contribution in [0.3, 0.4) is 0 Å². The highest BCUT2D eigenvalue weighted by atomic mass is 31.2. The van der Waals surface area contributed by atoms with E-state index in [4.69, 9.17) is 18.5 Å². The first-order valence-corrected chi connectivity index (χ1v) is 23.8. The van der Waals surface area contributed by atoms with Crippen molar-refractivity contribution in [2.45, 2.75) is 219 Å². The van der Waals surface area contributed by atoms with Gasteiger partial charge in [0.15, 0.2) is 6.10 Å². The summed E-state index contributed by atoms with van der Waals surface area (Å²) in [6.45, 7) is 4.41. The van der Waals surface area contributed by atoms with Crippen LogP contribution in [0, 0.1) is 0 Å². The van der Waals surface area contributed by atoms with Crippen molar-refractivity contribution in [1.29, 1.82) is 0 Å². The standard InChI is InChI=1S/C43H86NO8P/c1-6-8-10-12-14-15-16-17-18-19-20-21-22-23-24-25-26-27-28-30-32-34-36-43(46)52-41(40-51-53(47,48)50-38-37-44(3,4)5)39-49-42(45)35-33-31-29-13-11-9-7-2/h41H,6-40H2,1-5H3/p+1. The number of hydrogen-bond acceptors (Lipinski definition) is 7. The molecule has 0 aromatic rings. The number of rotatable bonds is 41. The maximum Gasteiger partial charge on any atom is 0.472 e. The number of phosphoric ester groups is 1. The van der Waals surface area contributed by atoms with E-state index in [0.717, 1.165) is 38.5 Å². The third-order valence-electron chi connectivity index (χ3n) is 9.89. The molecule has 9 nitrogen and oxygen atoms in total. The number of hydrogen-bond donors (Lipinski definition) is 1. The molecule has 1 N–H and O–H groups in total. The van der Waals surface area contributed by atoms with Crippen LogP contribution < -0.4 is 0 Å². The van der Waals surface area contributed by atoms with Gasteiger partial charge < -0.3 is 18.9 Å². The van der Waals surface area contributed by atoms with Crippen molar-refractivity contribution in [3.8, 4) is 0 Å². The molecule has 316 valence electrons. The minimum Gasteiger partial charge on any atom is -0.462 e. The zero-order valence-corrected chi connectivity index (χ0v) is 36.4. The lowest BCUT2D eigenvalue weighted by atomic mass is 10.0. The van der Waals surface area contributed by atoms with Crippen molar-refractivity contribution < 1.29 is 42.1 Å². The molecule has 0 aliphatic rings. The minimum absolute atomic E-state index is 0.0364. The number of likely N-dealkylation sites (N-methyl/N-ethyl adjacent to an activating group) is 1. The van der Waals surface area contributed by atoms with Crippen LogP contribution in [0.5, 0.6) is 0 Å². The summed E-state index contributed by atoms with van der Waals surface area (Å²) in [6.07, 6.45) is 36.1. The van der Waals surface area contributed by atoms with Gasteiger partial charge in [-0.2, -0.15) is 0 Å². The lowest BCUT2D eigenvalue weighted by Gasteiger charge is -2.24. The zero-order valence-electron chi connectivity index (χ0n) is 35.5. The zero-order chi connectivity index (χ0) is 39.3. The number of carbonyl (C=O) groups is 2. The highest BCUT2D eigenvalue weighted by Gasteiger charge is 2.27. The molecule has 0 spiro atoms. The monoisotopic (exact) mass is 777 g/mol. The molecule has 0 aliphatic heterocycles. The van der Waals surface area contributed by atoms with Crippen LogP contribution in [0.1, 0.15) is 213 Å². The molecule has 0 aromatic carbocycles. The summed E-state index contributed by atoms with van der Waals surface area (Å²) < 4.78 is 34.2. The molecule has 2 atom stereocenters. The first-order valence-electron chi connectivity index (χ1n) is 22.3. The Hall–Kier alpha value is -0.990. The van der Waals surface area contributed by atoms with Crippen LogP contribution >= 0.6 is 7.82 Å². The number of phosphoric acid groups is 1. The summed E-state index contributed by atoms with van der Waals surface area (Å²) in [5.41, 5.74) is 0. The van der Waals surface area contributed by atoms with Crippen molar-refractivity contribution in [2.24, 2.45) is 0 Å². The van der Waals surface area contributed by atoms with Crippen LogP contribution in [0.4, 0.5) is 0 Å². The highest BCUT2D eigenvalue weighted by Crippen LogP contribution is 2.43. The van der Waals surface area contributed by atoms with Gasteiger partial charge in [-0.05, 0) is 12.8 Å². The first-order chi connectivity index (χ1) is 25.5. The second-order valence-electron chi connectivity index (χ2n) is 16.5. The number of unbranched alkanes of at least 4 members (excludes halogenated alkanes) is 27. The van der Waals surface area contributed by atoms with Gasteiger partial charge in [-0.1, -0.05) is 187 Å². The van der Waals surface area contributed by atoms with Gasteiger partial charge >= 0.3 is 19.8 Å². The van der Waals surface area contributed by atoms with Gasteiger partial charge in [0.1, 0.15) is 19.8 Å². The predicted octanol–water partition coefficient (Wildman–Crippen LogP) is 12.4. The molecule has 0 heterocycles. The van der Waals surface area contributed by atoms with Crippen LogP contribution in [-0.2, 0) is 32.7 Å². The molecule has 53 heavy (non-hydrogen) atoms. The molecule has 10 heteroatoms. The SMILES string of the molecule is CCCCCCCCCCCCCCCCCCCCCCCCC(=O)OC(COC(=O)CCCCCCCCC)COP(=O)(O)OCC[N+](C)(C)C. The smallest absolute Gasteiger partial charge is 0.462 e. The molecule has 0 radical (unpaired) electrons. The third-order valence-corrected chi connectivity index (χ3v) is 10.9. The van der Waals surface area contributed by atoms with Crippen molar-refractivity contribution in [3.05, 3.63) is 0 Å². The Labute approximate surface area is 327 Å². The quantitative estimate of drug-likeness (QED) is 0.0283. The van der Waals surface area contributed by atoms with E-state index in [1.54, 1.807) is 0 Å². The molecule has 0 saturated heterocycles. The average Bonchev–Trinajstić information content (AvgIpc) is 3.10. The maximum absolute atomic E-state index is 12.6. The molecule has 2 unspecified atom stereocenters. The first kappa shape index (κ1) is 52.0. The molecule has 0 aromatic heterocycles. The van der Waals surface area contributed by atoms with E-state index < -0.39 is 26.5 Å². The van der Waals surface area contributed by atoms with E-state index in [9.17, 15) is 19.0 Å². The Morgan fingerprint density at radius 2 is 0.849 bits per heavy atom. The predicted molar refractivity (Wildman–Crippen MR) is 220 cm³/mol. The Kier molecular flexibility index (Phi) is 36.0. The lowest BCUT2D eigenvalue weighted by Crippen LogP contribution is -2.37. The minimum atomic E-state index is -4.36. The van der Waals surface area contributed by atoms with E-state index in [2.05, 4.69) is 13.8 Å². The summed E-state index contributed by atoms with van der Waals surface area (Å²) in [5, 5.41) is 0. The number of quaternary nitrogens is 1. The third kappa shape index (κ3) is 40.5. The van der Waals surface area contributed by atoms with E-state index in [-0.39, 0.29) is 25.6 Å². The van der Waals surface area contributed by atoms with Gasteiger partial charge in [0.05, 0.1) is 27.7 Å². The normalized spacial score (nSPS) is 13.5. The van der Waals surface area contributed by atoms with Gasteiger partial charge in [0.25, 0.3) is 0 Å². The van der Waals surface area contributed by atoms with Gasteiger partial charge in [-0.25, -0.2) is 4.57 Å². The van der Waals surface area contributed by atoms with Crippen molar-refractivity contribution in [3.63, 3.8) is 0 Å². The van der Waals surface area contributed by atoms with Gasteiger partial charge in [-0.15, -0.1) is 0 Å². The maximum atomic E-state index is 12.6. The van der Waals surface area contributed by atoms with Crippen LogP contribution in [0.2, 0.25) is 0 Å². The molecule has 0 fully saturated rings. The summed E-state index contributed by atoms with van der Waals surface area (Å²) >= 11 is 0. The molecular weight excluding hydrogens is 689 g/mol.